The van der Waals surface area contributed by atoms with Gasteiger partial charge in [0.1, 0.15) is 5.82 Å². The second kappa shape index (κ2) is 4.07. The van der Waals surface area contributed by atoms with Crippen LogP contribution < -0.4 is 5.32 Å². The molecule has 2 heterocycles. The highest BCUT2D eigenvalue weighted by Gasteiger charge is 2.16. The maximum Gasteiger partial charge on any atom is 0.108 e. The number of H-pyrrole nitrogens is 1. The Hall–Kier alpha value is -1.06. The van der Waals surface area contributed by atoms with Crippen LogP contribution >= 0.6 is 11.6 Å². The molecule has 0 radical (unpaired) electrons. The first-order valence-electron chi connectivity index (χ1n) is 5.69. The summed E-state index contributed by atoms with van der Waals surface area (Å²) in [6, 6.07) is 6.34. The minimum atomic E-state index is 0.580. The van der Waals surface area contributed by atoms with E-state index in [9.17, 15) is 0 Å². The molecule has 0 spiro atoms. The summed E-state index contributed by atoms with van der Waals surface area (Å²) in [5.74, 6) is 1.05. The number of nitrogens with one attached hydrogen (secondary N) is 2. The topological polar surface area (TPSA) is 40.7 Å². The third-order valence-corrected chi connectivity index (χ3v) is 3.33. The van der Waals surface area contributed by atoms with Crippen LogP contribution in [0.2, 0.25) is 5.02 Å². The summed E-state index contributed by atoms with van der Waals surface area (Å²) in [5.41, 5.74) is 2.03. The van der Waals surface area contributed by atoms with Gasteiger partial charge < -0.3 is 10.3 Å². The van der Waals surface area contributed by atoms with Crippen molar-refractivity contribution >= 4 is 22.6 Å². The second-order valence-corrected chi connectivity index (χ2v) is 4.78. The lowest BCUT2D eigenvalue weighted by Gasteiger charge is -2.06. The van der Waals surface area contributed by atoms with Crippen molar-refractivity contribution in [2.24, 2.45) is 0 Å². The number of benzene rings is 1. The lowest BCUT2D eigenvalue weighted by Crippen LogP contribution is -2.24. The van der Waals surface area contributed by atoms with Crippen molar-refractivity contribution in [2.75, 3.05) is 6.54 Å². The van der Waals surface area contributed by atoms with Gasteiger partial charge in [-0.1, -0.05) is 11.6 Å². The summed E-state index contributed by atoms with van der Waals surface area (Å²) >= 11 is 5.94. The van der Waals surface area contributed by atoms with Crippen LogP contribution in [-0.2, 0) is 6.42 Å². The number of rotatable bonds is 2. The second-order valence-electron chi connectivity index (χ2n) is 4.34. The molecule has 3 nitrogen and oxygen atoms in total. The van der Waals surface area contributed by atoms with Gasteiger partial charge in [0.15, 0.2) is 0 Å². The van der Waals surface area contributed by atoms with Crippen molar-refractivity contribution < 1.29 is 0 Å². The highest BCUT2D eigenvalue weighted by atomic mass is 35.5. The highest BCUT2D eigenvalue weighted by Crippen LogP contribution is 2.18. The van der Waals surface area contributed by atoms with Crippen molar-refractivity contribution in [1.82, 2.24) is 15.3 Å². The molecule has 3 rings (SSSR count). The Morgan fingerprint density at radius 2 is 2.38 bits per heavy atom. The first-order valence-corrected chi connectivity index (χ1v) is 6.06. The monoisotopic (exact) mass is 235 g/mol. The minimum absolute atomic E-state index is 0.580. The van der Waals surface area contributed by atoms with Gasteiger partial charge in [0.05, 0.1) is 11.0 Å². The van der Waals surface area contributed by atoms with Crippen LogP contribution in [0.15, 0.2) is 18.2 Å². The van der Waals surface area contributed by atoms with Gasteiger partial charge in [-0.2, -0.15) is 0 Å². The number of aromatic nitrogens is 2. The maximum atomic E-state index is 5.94. The molecule has 1 fully saturated rings. The summed E-state index contributed by atoms with van der Waals surface area (Å²) in [5, 5.41) is 4.23. The molecule has 1 aliphatic rings. The zero-order valence-electron chi connectivity index (χ0n) is 8.96. The minimum Gasteiger partial charge on any atom is -0.342 e. The van der Waals surface area contributed by atoms with Crippen LogP contribution in [-0.4, -0.2) is 22.6 Å². The quantitative estimate of drug-likeness (QED) is 0.840. The van der Waals surface area contributed by atoms with Crippen LogP contribution in [0.5, 0.6) is 0 Å². The number of halogens is 1. The SMILES string of the molecule is Clc1ccc2nc(CC3CCCN3)[nH]c2c1. The van der Waals surface area contributed by atoms with E-state index in [4.69, 9.17) is 11.6 Å². The zero-order valence-corrected chi connectivity index (χ0v) is 9.72. The third-order valence-electron chi connectivity index (χ3n) is 3.10. The van der Waals surface area contributed by atoms with Crippen LogP contribution in [0.25, 0.3) is 11.0 Å². The zero-order chi connectivity index (χ0) is 11.0. The van der Waals surface area contributed by atoms with E-state index >= 15 is 0 Å². The number of hydrogen-bond donors (Lipinski definition) is 2. The molecule has 0 saturated carbocycles. The van der Waals surface area contributed by atoms with Gasteiger partial charge in [0.25, 0.3) is 0 Å². The number of nitrogens with zero attached hydrogens (tertiary/aromatic N) is 1. The molecule has 1 aromatic carbocycles. The van der Waals surface area contributed by atoms with Crippen molar-refractivity contribution in [1.29, 1.82) is 0 Å². The highest BCUT2D eigenvalue weighted by molar-refractivity contribution is 6.31. The lowest BCUT2D eigenvalue weighted by atomic mass is 10.1. The molecule has 0 bridgehead atoms. The fourth-order valence-electron chi connectivity index (χ4n) is 2.30. The molecule has 84 valence electrons. The van der Waals surface area contributed by atoms with E-state index in [1.807, 2.05) is 18.2 Å². The smallest absolute Gasteiger partial charge is 0.108 e. The Morgan fingerprint density at radius 1 is 1.44 bits per heavy atom. The Balaban J connectivity index is 1.86. The molecule has 0 aliphatic carbocycles. The number of fused-ring (bicyclic) bond motifs is 1. The molecular formula is C12H14ClN3. The number of aromatic amines is 1. The van der Waals surface area contributed by atoms with Crippen LogP contribution in [0.1, 0.15) is 18.7 Å². The average Bonchev–Trinajstić information content (AvgIpc) is 2.86. The Morgan fingerprint density at radius 3 is 3.19 bits per heavy atom. The van der Waals surface area contributed by atoms with Gasteiger partial charge in [-0.3, -0.25) is 0 Å². The van der Waals surface area contributed by atoms with Gasteiger partial charge in [0, 0.05) is 17.5 Å². The van der Waals surface area contributed by atoms with Gasteiger partial charge in [-0.05, 0) is 37.6 Å². The fourth-order valence-corrected chi connectivity index (χ4v) is 2.47. The molecule has 4 heteroatoms. The Bertz CT molecular complexity index is 500. The van der Waals surface area contributed by atoms with Gasteiger partial charge >= 0.3 is 0 Å². The molecule has 16 heavy (non-hydrogen) atoms. The number of hydrogen-bond acceptors (Lipinski definition) is 2. The first kappa shape index (κ1) is 10.1. The van der Waals surface area contributed by atoms with E-state index in [0.717, 1.165) is 34.8 Å². The van der Waals surface area contributed by atoms with Gasteiger partial charge in [-0.25, -0.2) is 4.98 Å². The first-order chi connectivity index (χ1) is 7.81. The molecule has 2 N–H and O–H groups in total. The largest absolute Gasteiger partial charge is 0.342 e. The van der Waals surface area contributed by atoms with Crippen molar-refractivity contribution in [2.45, 2.75) is 25.3 Å². The summed E-state index contributed by atoms with van der Waals surface area (Å²) < 4.78 is 0. The summed E-state index contributed by atoms with van der Waals surface area (Å²) in [6.45, 7) is 1.14. The van der Waals surface area contributed by atoms with E-state index < -0.39 is 0 Å². The van der Waals surface area contributed by atoms with Crippen molar-refractivity contribution in [3.05, 3.63) is 29.0 Å². The molecule has 2 aromatic rings. The standard InChI is InChI=1S/C12H14ClN3/c13-8-3-4-10-11(6-8)16-12(15-10)7-9-2-1-5-14-9/h3-4,6,9,14H,1-2,5,7H2,(H,15,16). The average molecular weight is 236 g/mol. The summed E-state index contributed by atoms with van der Waals surface area (Å²) in [7, 11) is 0. The Kier molecular flexibility index (Phi) is 2.58. The maximum absolute atomic E-state index is 5.94. The van der Waals surface area contributed by atoms with Gasteiger partial charge in [-0.15, -0.1) is 0 Å². The van der Waals surface area contributed by atoms with E-state index in [1.54, 1.807) is 0 Å². The number of imidazole rings is 1. The van der Waals surface area contributed by atoms with Crippen molar-refractivity contribution in [3.8, 4) is 0 Å². The Labute approximate surface area is 99.2 Å². The third kappa shape index (κ3) is 1.93. The van der Waals surface area contributed by atoms with Crippen LogP contribution in [0.3, 0.4) is 0 Å². The molecule has 0 amide bonds. The molecule has 1 aromatic heterocycles. The van der Waals surface area contributed by atoms with Crippen molar-refractivity contribution in [3.63, 3.8) is 0 Å². The predicted octanol–water partition coefficient (Wildman–Crippen LogP) is 2.51. The molecule has 1 unspecified atom stereocenters. The lowest BCUT2D eigenvalue weighted by molar-refractivity contribution is 0.589. The molecule has 1 aliphatic heterocycles. The van der Waals surface area contributed by atoms with E-state index in [2.05, 4.69) is 15.3 Å². The summed E-state index contributed by atoms with van der Waals surface area (Å²) in [6.07, 6.45) is 3.50. The molecular weight excluding hydrogens is 222 g/mol. The predicted molar refractivity (Wildman–Crippen MR) is 65.8 cm³/mol. The van der Waals surface area contributed by atoms with E-state index in [0.29, 0.717) is 6.04 Å². The molecule has 1 saturated heterocycles. The van der Waals surface area contributed by atoms with E-state index in [-0.39, 0.29) is 0 Å². The van der Waals surface area contributed by atoms with Crippen LogP contribution in [0, 0.1) is 0 Å². The molecule has 1 atom stereocenters. The summed E-state index contributed by atoms with van der Waals surface area (Å²) in [4.78, 5) is 7.89. The normalized spacial score (nSPS) is 20.7. The van der Waals surface area contributed by atoms with E-state index in [1.165, 1.54) is 12.8 Å². The van der Waals surface area contributed by atoms with Gasteiger partial charge in [0.2, 0.25) is 0 Å². The fraction of sp³-hybridized carbons (Fsp3) is 0.417. The van der Waals surface area contributed by atoms with Crippen LogP contribution in [0.4, 0.5) is 0 Å².